The first-order valence-electron chi connectivity index (χ1n) is 10.6. The summed E-state index contributed by atoms with van der Waals surface area (Å²) in [7, 11) is -3.42. The third-order valence-corrected chi connectivity index (χ3v) is 5.86. The van der Waals surface area contributed by atoms with Crippen molar-refractivity contribution in [1.29, 1.82) is 0 Å². The number of anilines is 2. The van der Waals surface area contributed by atoms with E-state index in [1.165, 1.54) is 0 Å². The van der Waals surface area contributed by atoms with Crippen molar-refractivity contribution in [2.75, 3.05) is 36.0 Å². The Morgan fingerprint density at radius 2 is 1.91 bits per heavy atom. The Kier molecular flexibility index (Phi) is 7.74. The van der Waals surface area contributed by atoms with Gasteiger partial charge in [0, 0.05) is 18.8 Å². The van der Waals surface area contributed by atoms with E-state index in [2.05, 4.69) is 10.0 Å². The van der Waals surface area contributed by atoms with E-state index in [9.17, 15) is 18.0 Å². The first-order chi connectivity index (χ1) is 15.2. The molecule has 0 bridgehead atoms. The number of likely N-dealkylation sites (tertiary alicyclic amines) is 1. The quantitative estimate of drug-likeness (QED) is 0.631. The summed E-state index contributed by atoms with van der Waals surface area (Å²) in [5.41, 5.74) is 1.68. The van der Waals surface area contributed by atoms with Gasteiger partial charge < -0.3 is 15.0 Å². The lowest BCUT2D eigenvalue weighted by molar-refractivity contribution is -0.135. The Bertz CT molecular complexity index is 1060. The van der Waals surface area contributed by atoms with Crippen molar-refractivity contribution in [3.05, 3.63) is 54.1 Å². The summed E-state index contributed by atoms with van der Waals surface area (Å²) in [6.45, 7) is 3.05. The molecule has 2 aromatic carbocycles. The van der Waals surface area contributed by atoms with Crippen molar-refractivity contribution in [1.82, 2.24) is 4.90 Å². The molecule has 1 unspecified atom stereocenters. The van der Waals surface area contributed by atoms with Gasteiger partial charge in [0.05, 0.1) is 30.9 Å². The van der Waals surface area contributed by atoms with Gasteiger partial charge in [0.2, 0.25) is 21.8 Å². The Balaban J connectivity index is 1.53. The fourth-order valence-corrected chi connectivity index (χ4v) is 4.22. The van der Waals surface area contributed by atoms with E-state index in [0.717, 1.165) is 24.0 Å². The molecule has 2 N–H and O–H groups in total. The third-order valence-electron chi connectivity index (χ3n) is 5.27. The number of benzene rings is 2. The summed E-state index contributed by atoms with van der Waals surface area (Å²) in [6, 6.07) is 14.4. The van der Waals surface area contributed by atoms with E-state index in [4.69, 9.17) is 4.74 Å². The van der Waals surface area contributed by atoms with Crippen LogP contribution in [0.5, 0.6) is 5.75 Å². The minimum absolute atomic E-state index is 0.0339. The van der Waals surface area contributed by atoms with E-state index in [-0.39, 0.29) is 30.8 Å². The minimum atomic E-state index is -3.42. The zero-order valence-electron chi connectivity index (χ0n) is 18.3. The molecule has 32 heavy (non-hydrogen) atoms. The Morgan fingerprint density at radius 3 is 2.62 bits per heavy atom. The zero-order chi connectivity index (χ0) is 23.1. The average Bonchev–Trinajstić information content (AvgIpc) is 2.76. The maximum Gasteiger partial charge on any atom is 0.229 e. The first kappa shape index (κ1) is 23.6. The third kappa shape index (κ3) is 6.98. The molecule has 0 saturated carbocycles. The summed E-state index contributed by atoms with van der Waals surface area (Å²) >= 11 is 0. The summed E-state index contributed by atoms with van der Waals surface area (Å²) in [5, 5.41) is 2.85. The lowest BCUT2D eigenvalue weighted by Crippen LogP contribution is -2.44. The second kappa shape index (κ2) is 10.5. The molecular formula is C23H29N3O5S. The van der Waals surface area contributed by atoms with E-state index in [1.54, 1.807) is 30.0 Å². The summed E-state index contributed by atoms with van der Waals surface area (Å²) in [5.74, 6) is 0.181. The SMILES string of the molecule is Cc1ccc(NC(=O)C2CCCN(C(=O)CCOc3ccccc3)C2)cc1NS(C)(=O)=O. The summed E-state index contributed by atoms with van der Waals surface area (Å²) < 4.78 is 31.1. The summed E-state index contributed by atoms with van der Waals surface area (Å²) in [4.78, 5) is 27.1. The molecule has 9 heteroatoms. The first-order valence-corrected chi connectivity index (χ1v) is 12.5. The van der Waals surface area contributed by atoms with Gasteiger partial charge in [-0.05, 0) is 49.6 Å². The molecule has 1 aliphatic rings. The molecule has 1 heterocycles. The van der Waals surface area contributed by atoms with Gasteiger partial charge in [-0.25, -0.2) is 8.42 Å². The highest BCUT2D eigenvalue weighted by atomic mass is 32.2. The number of hydrogen-bond donors (Lipinski definition) is 2. The lowest BCUT2D eigenvalue weighted by Gasteiger charge is -2.32. The average molecular weight is 460 g/mol. The van der Waals surface area contributed by atoms with Crippen LogP contribution < -0.4 is 14.8 Å². The van der Waals surface area contributed by atoms with Crippen LogP contribution in [-0.4, -0.2) is 51.1 Å². The maximum absolute atomic E-state index is 12.8. The van der Waals surface area contributed by atoms with Gasteiger partial charge in [-0.3, -0.25) is 14.3 Å². The van der Waals surface area contributed by atoms with Crippen LogP contribution in [0.1, 0.15) is 24.8 Å². The van der Waals surface area contributed by atoms with Crippen LogP contribution in [0, 0.1) is 12.8 Å². The number of sulfonamides is 1. The van der Waals surface area contributed by atoms with Crippen LogP contribution in [-0.2, 0) is 19.6 Å². The highest BCUT2D eigenvalue weighted by molar-refractivity contribution is 7.92. The van der Waals surface area contributed by atoms with Crippen LogP contribution in [0.4, 0.5) is 11.4 Å². The molecule has 3 rings (SSSR count). The van der Waals surface area contributed by atoms with Crippen molar-refractivity contribution in [3.63, 3.8) is 0 Å². The van der Waals surface area contributed by atoms with Crippen LogP contribution in [0.15, 0.2) is 48.5 Å². The molecule has 1 saturated heterocycles. The molecule has 1 aliphatic heterocycles. The number of piperidine rings is 1. The van der Waals surface area contributed by atoms with Crippen molar-refractivity contribution < 1.29 is 22.7 Å². The van der Waals surface area contributed by atoms with Gasteiger partial charge in [-0.1, -0.05) is 24.3 Å². The van der Waals surface area contributed by atoms with Gasteiger partial charge in [0.1, 0.15) is 5.75 Å². The standard InChI is InChI=1S/C23H29N3O5S/c1-17-10-11-19(15-21(17)25-32(2,29)30)24-23(28)18-7-6-13-26(16-18)22(27)12-14-31-20-8-4-3-5-9-20/h3-5,8-11,15,18,25H,6-7,12-14,16H2,1-2H3,(H,24,28). The van der Waals surface area contributed by atoms with Crippen LogP contribution in [0.2, 0.25) is 0 Å². The van der Waals surface area contributed by atoms with Gasteiger partial charge in [-0.2, -0.15) is 0 Å². The van der Waals surface area contributed by atoms with Crippen molar-refractivity contribution in [3.8, 4) is 5.75 Å². The molecule has 172 valence electrons. The van der Waals surface area contributed by atoms with E-state index < -0.39 is 10.0 Å². The van der Waals surface area contributed by atoms with E-state index >= 15 is 0 Å². The maximum atomic E-state index is 12.8. The molecule has 1 atom stereocenters. The number of ether oxygens (including phenoxy) is 1. The predicted molar refractivity (Wildman–Crippen MR) is 124 cm³/mol. The fraction of sp³-hybridized carbons (Fsp3) is 0.391. The lowest BCUT2D eigenvalue weighted by atomic mass is 9.96. The molecule has 2 aromatic rings. The largest absolute Gasteiger partial charge is 0.493 e. The number of hydrogen-bond acceptors (Lipinski definition) is 5. The van der Waals surface area contributed by atoms with E-state index in [1.807, 2.05) is 30.3 Å². The van der Waals surface area contributed by atoms with Crippen LogP contribution >= 0.6 is 0 Å². The number of rotatable bonds is 8. The van der Waals surface area contributed by atoms with Crippen molar-refractivity contribution in [2.45, 2.75) is 26.2 Å². The predicted octanol–water partition coefficient (Wildman–Crippen LogP) is 3.01. The number of aryl methyl sites for hydroxylation is 1. The Hall–Kier alpha value is -3.07. The van der Waals surface area contributed by atoms with Gasteiger partial charge in [0.15, 0.2) is 0 Å². The van der Waals surface area contributed by atoms with Gasteiger partial charge >= 0.3 is 0 Å². The molecule has 0 radical (unpaired) electrons. The monoisotopic (exact) mass is 459 g/mol. The van der Waals surface area contributed by atoms with Crippen molar-refractivity contribution >= 4 is 33.2 Å². The van der Waals surface area contributed by atoms with E-state index in [0.29, 0.717) is 30.9 Å². The Labute approximate surface area is 189 Å². The number of amides is 2. The molecule has 0 spiro atoms. The van der Waals surface area contributed by atoms with Crippen LogP contribution in [0.25, 0.3) is 0 Å². The molecule has 0 aliphatic carbocycles. The van der Waals surface area contributed by atoms with Gasteiger partial charge in [0.25, 0.3) is 0 Å². The van der Waals surface area contributed by atoms with Crippen molar-refractivity contribution in [2.24, 2.45) is 5.92 Å². The molecule has 0 aromatic heterocycles. The van der Waals surface area contributed by atoms with Gasteiger partial charge in [-0.15, -0.1) is 0 Å². The fourth-order valence-electron chi connectivity index (χ4n) is 3.60. The highest BCUT2D eigenvalue weighted by Crippen LogP contribution is 2.24. The highest BCUT2D eigenvalue weighted by Gasteiger charge is 2.28. The minimum Gasteiger partial charge on any atom is -0.493 e. The molecule has 8 nitrogen and oxygen atoms in total. The zero-order valence-corrected chi connectivity index (χ0v) is 19.2. The smallest absolute Gasteiger partial charge is 0.229 e. The number of para-hydroxylation sites is 1. The van der Waals surface area contributed by atoms with Crippen LogP contribution in [0.3, 0.4) is 0 Å². The number of carbonyl (C=O) groups is 2. The number of nitrogens with zero attached hydrogens (tertiary/aromatic N) is 1. The number of nitrogens with one attached hydrogen (secondary N) is 2. The molecular weight excluding hydrogens is 430 g/mol. The second-order valence-electron chi connectivity index (χ2n) is 7.98. The normalized spacial score (nSPS) is 16.3. The summed E-state index contributed by atoms with van der Waals surface area (Å²) in [6.07, 6.45) is 2.77. The molecule has 2 amide bonds. The molecule has 1 fully saturated rings. The number of carbonyl (C=O) groups excluding carboxylic acids is 2. The second-order valence-corrected chi connectivity index (χ2v) is 9.73. The Morgan fingerprint density at radius 1 is 1.16 bits per heavy atom. The topological polar surface area (TPSA) is 105 Å².